The molecule has 0 bridgehead atoms. The third kappa shape index (κ3) is 4.97. The molecule has 0 atom stereocenters. The molecule has 0 unspecified atom stereocenters. The Morgan fingerprint density at radius 1 is 1.47 bits per heavy atom. The number of rotatable bonds is 5. The first-order chi connectivity index (χ1) is 7.22. The topological polar surface area (TPSA) is 48.4 Å². The van der Waals surface area contributed by atoms with Crippen molar-refractivity contribution in [1.29, 1.82) is 0 Å². The molecule has 0 aliphatic heterocycles. The maximum absolute atomic E-state index is 11.1. The first kappa shape index (κ1) is 12.2. The highest BCUT2D eigenvalue weighted by molar-refractivity contribution is 6.29. The fourth-order valence-electron chi connectivity index (χ4n) is 0.846. The Balaban J connectivity index is 2.34. The monoisotopic (exact) mass is 249 g/mol. The van der Waals surface area contributed by atoms with E-state index in [0.717, 1.165) is 0 Å². The molecule has 1 rings (SSSR count). The smallest absolute Gasteiger partial charge is 0.298 e. The third-order valence-electron chi connectivity index (χ3n) is 1.45. The summed E-state index contributed by atoms with van der Waals surface area (Å²) in [6.07, 6.45) is 1.59. The van der Waals surface area contributed by atoms with Crippen molar-refractivity contribution in [2.45, 2.75) is 6.42 Å². The highest BCUT2D eigenvalue weighted by Crippen LogP contribution is 2.06. The molecule has 0 saturated heterocycles. The van der Waals surface area contributed by atoms with Crippen molar-refractivity contribution in [3.8, 4) is 0 Å². The molecule has 82 valence electrons. The molecule has 0 spiro atoms. The zero-order valence-electron chi connectivity index (χ0n) is 7.78. The fraction of sp³-hybridized carbons (Fsp3) is 0.333. The fourth-order valence-corrected chi connectivity index (χ4v) is 1.02. The van der Waals surface area contributed by atoms with Crippen LogP contribution in [-0.4, -0.2) is 23.4 Å². The predicted octanol–water partition coefficient (Wildman–Crippen LogP) is 1.99. The molecule has 0 aromatic carbocycles. The molecular weight excluding hydrogens is 241 g/mol. The second kappa shape index (κ2) is 6.61. The van der Waals surface area contributed by atoms with Gasteiger partial charge < -0.3 is 0 Å². The van der Waals surface area contributed by atoms with Crippen LogP contribution in [0.2, 0.25) is 5.15 Å². The number of carbonyl (C=O) groups is 1. The van der Waals surface area contributed by atoms with Crippen LogP contribution in [0.5, 0.6) is 0 Å². The van der Waals surface area contributed by atoms with Crippen LogP contribution < -0.4 is 0 Å². The second-order valence-electron chi connectivity index (χ2n) is 2.63. The molecule has 0 aliphatic carbocycles. The Labute approximate surface area is 97.0 Å². The van der Waals surface area contributed by atoms with Gasteiger partial charge in [-0.05, 0) is 11.6 Å². The standard InChI is InChI=1S/C9H9Cl2NO3/c10-3-4-14-15-9(13)5-7-1-2-8(11)12-6-7/h1-2,6H,3-5H2. The van der Waals surface area contributed by atoms with Gasteiger partial charge in [-0.25, -0.2) is 9.78 Å². The van der Waals surface area contributed by atoms with Gasteiger partial charge in [0.05, 0.1) is 12.3 Å². The van der Waals surface area contributed by atoms with Crippen molar-refractivity contribution in [3.63, 3.8) is 0 Å². The van der Waals surface area contributed by atoms with Crippen molar-refractivity contribution in [1.82, 2.24) is 4.98 Å². The quantitative estimate of drug-likeness (QED) is 0.263. The lowest BCUT2D eigenvalue weighted by molar-refractivity contribution is -0.268. The first-order valence-electron chi connectivity index (χ1n) is 4.21. The summed E-state index contributed by atoms with van der Waals surface area (Å²) in [5.41, 5.74) is 0.707. The molecule has 0 N–H and O–H groups in total. The number of nitrogens with zero attached hydrogens (tertiary/aromatic N) is 1. The minimum atomic E-state index is -0.496. The van der Waals surface area contributed by atoms with E-state index in [4.69, 9.17) is 23.2 Å². The zero-order chi connectivity index (χ0) is 11.1. The highest BCUT2D eigenvalue weighted by atomic mass is 35.5. The molecular formula is C9H9Cl2NO3. The maximum Gasteiger partial charge on any atom is 0.346 e. The molecule has 0 radical (unpaired) electrons. The van der Waals surface area contributed by atoms with Crippen molar-refractivity contribution < 1.29 is 14.6 Å². The Bertz CT molecular complexity index is 316. The molecule has 1 aromatic heterocycles. The molecule has 0 fully saturated rings. The SMILES string of the molecule is O=C(Cc1ccc(Cl)nc1)OOCCCl. The van der Waals surface area contributed by atoms with Gasteiger partial charge >= 0.3 is 5.97 Å². The van der Waals surface area contributed by atoms with E-state index in [-0.39, 0.29) is 18.9 Å². The Hall–Kier alpha value is -0.840. The summed E-state index contributed by atoms with van der Waals surface area (Å²) in [5, 5.41) is 0.380. The van der Waals surface area contributed by atoms with Gasteiger partial charge in [-0.15, -0.1) is 11.6 Å². The van der Waals surface area contributed by atoms with Crippen LogP contribution in [0, 0.1) is 0 Å². The second-order valence-corrected chi connectivity index (χ2v) is 3.40. The van der Waals surface area contributed by atoms with Gasteiger partial charge in [0.25, 0.3) is 0 Å². The maximum atomic E-state index is 11.1. The van der Waals surface area contributed by atoms with E-state index >= 15 is 0 Å². The molecule has 0 saturated carbocycles. The number of alkyl halides is 1. The zero-order valence-corrected chi connectivity index (χ0v) is 9.29. The van der Waals surface area contributed by atoms with Gasteiger partial charge in [-0.2, -0.15) is 4.89 Å². The van der Waals surface area contributed by atoms with Crippen LogP contribution >= 0.6 is 23.2 Å². The average Bonchev–Trinajstić information content (AvgIpc) is 2.22. The number of hydrogen-bond donors (Lipinski definition) is 0. The van der Waals surface area contributed by atoms with Gasteiger partial charge in [0, 0.05) is 6.20 Å². The van der Waals surface area contributed by atoms with E-state index in [1.165, 1.54) is 6.20 Å². The van der Waals surface area contributed by atoms with Crippen molar-refractivity contribution in [2.24, 2.45) is 0 Å². The largest absolute Gasteiger partial charge is 0.346 e. The molecule has 0 amide bonds. The average molecular weight is 250 g/mol. The summed E-state index contributed by atoms with van der Waals surface area (Å²) in [6, 6.07) is 3.29. The van der Waals surface area contributed by atoms with E-state index in [1.807, 2.05) is 0 Å². The molecule has 15 heavy (non-hydrogen) atoms. The number of aromatic nitrogens is 1. The number of hydrogen-bond acceptors (Lipinski definition) is 4. The van der Waals surface area contributed by atoms with E-state index in [9.17, 15) is 4.79 Å². The van der Waals surface area contributed by atoms with Gasteiger partial charge in [0.15, 0.2) is 0 Å². The summed E-state index contributed by atoms with van der Waals surface area (Å²) in [4.78, 5) is 23.9. The summed E-state index contributed by atoms with van der Waals surface area (Å²) in [6.45, 7) is 0.173. The Kier molecular flexibility index (Phi) is 5.39. The first-order valence-corrected chi connectivity index (χ1v) is 5.12. The predicted molar refractivity (Wildman–Crippen MR) is 55.7 cm³/mol. The third-order valence-corrected chi connectivity index (χ3v) is 1.83. The van der Waals surface area contributed by atoms with Gasteiger partial charge in [-0.3, -0.25) is 4.89 Å². The Morgan fingerprint density at radius 2 is 2.27 bits per heavy atom. The van der Waals surface area contributed by atoms with Crippen LogP contribution in [0.3, 0.4) is 0 Å². The molecule has 1 aromatic rings. The Morgan fingerprint density at radius 3 is 2.87 bits per heavy atom. The van der Waals surface area contributed by atoms with Crippen molar-refractivity contribution in [2.75, 3.05) is 12.5 Å². The summed E-state index contributed by atoms with van der Waals surface area (Å²) in [7, 11) is 0. The van der Waals surface area contributed by atoms with Crippen molar-refractivity contribution in [3.05, 3.63) is 29.0 Å². The van der Waals surface area contributed by atoms with Gasteiger partial charge in [0.2, 0.25) is 0 Å². The highest BCUT2D eigenvalue weighted by Gasteiger charge is 2.06. The molecule has 1 heterocycles. The minimum Gasteiger partial charge on any atom is -0.298 e. The van der Waals surface area contributed by atoms with Crippen LogP contribution in [0.15, 0.2) is 18.3 Å². The van der Waals surface area contributed by atoms with Gasteiger partial charge in [-0.1, -0.05) is 17.7 Å². The van der Waals surface area contributed by atoms with E-state index in [0.29, 0.717) is 10.7 Å². The molecule has 6 heteroatoms. The molecule has 4 nitrogen and oxygen atoms in total. The van der Waals surface area contributed by atoms with E-state index in [1.54, 1.807) is 12.1 Å². The minimum absolute atomic E-state index is 0.0897. The van der Waals surface area contributed by atoms with E-state index in [2.05, 4.69) is 14.8 Å². The lowest BCUT2D eigenvalue weighted by Gasteiger charge is -2.01. The van der Waals surface area contributed by atoms with E-state index < -0.39 is 5.97 Å². The lowest BCUT2D eigenvalue weighted by Crippen LogP contribution is -2.10. The van der Waals surface area contributed by atoms with Crippen LogP contribution in [0.25, 0.3) is 0 Å². The van der Waals surface area contributed by atoms with Crippen LogP contribution in [0.1, 0.15) is 5.56 Å². The van der Waals surface area contributed by atoms with Gasteiger partial charge in [0.1, 0.15) is 11.8 Å². The van der Waals surface area contributed by atoms with Crippen molar-refractivity contribution >= 4 is 29.2 Å². The van der Waals surface area contributed by atoms with Crippen LogP contribution in [0.4, 0.5) is 0 Å². The normalized spacial score (nSPS) is 10.0. The summed E-state index contributed by atoms with van der Waals surface area (Å²) < 4.78 is 0. The number of carbonyl (C=O) groups excluding carboxylic acids is 1. The summed E-state index contributed by atoms with van der Waals surface area (Å²) in [5.74, 6) is -0.222. The lowest BCUT2D eigenvalue weighted by atomic mass is 10.2. The number of halogens is 2. The summed E-state index contributed by atoms with van der Waals surface area (Å²) >= 11 is 10.9. The van der Waals surface area contributed by atoms with Crippen LogP contribution in [-0.2, 0) is 21.0 Å². The molecule has 0 aliphatic rings. The number of pyridine rings is 1.